The van der Waals surface area contributed by atoms with E-state index in [4.69, 9.17) is 32.9 Å². The van der Waals surface area contributed by atoms with Crippen molar-refractivity contribution in [2.75, 3.05) is 19.0 Å². The second kappa shape index (κ2) is 8.64. The lowest BCUT2D eigenvalue weighted by Gasteiger charge is -2.25. The summed E-state index contributed by atoms with van der Waals surface area (Å²) in [6, 6.07) is 9.49. The molecule has 4 aromatic rings. The molecule has 1 aliphatic rings. The summed E-state index contributed by atoms with van der Waals surface area (Å²) in [5, 5.41) is 4.53. The topological polar surface area (TPSA) is 71.5 Å². The molecule has 32 heavy (non-hydrogen) atoms. The molecule has 6 nitrogen and oxygen atoms in total. The fraction of sp³-hybridized carbons (Fsp3) is 0.190. The predicted molar refractivity (Wildman–Crippen MR) is 132 cm³/mol. The number of thiazole rings is 1. The number of thiophene rings is 2. The average molecular weight is 524 g/mol. The molecule has 0 fully saturated rings. The van der Waals surface area contributed by atoms with Crippen molar-refractivity contribution in [3.8, 4) is 10.6 Å². The number of carbonyl (C=O) groups is 2. The molecule has 0 saturated carbocycles. The number of anilines is 1. The van der Waals surface area contributed by atoms with Crippen molar-refractivity contribution in [3.63, 3.8) is 0 Å². The number of methoxy groups -OCH3 is 1. The molecule has 1 aliphatic heterocycles. The van der Waals surface area contributed by atoms with E-state index in [1.54, 1.807) is 22.3 Å². The van der Waals surface area contributed by atoms with Crippen LogP contribution in [-0.4, -0.2) is 35.5 Å². The van der Waals surface area contributed by atoms with E-state index in [1.165, 1.54) is 18.4 Å². The Morgan fingerprint density at radius 1 is 1.19 bits per heavy atom. The summed E-state index contributed by atoms with van der Waals surface area (Å²) in [4.78, 5) is 32.5. The Balaban J connectivity index is 1.59. The number of rotatable bonds is 3. The third-order valence-corrected chi connectivity index (χ3v) is 8.80. The molecule has 0 bridgehead atoms. The zero-order valence-corrected chi connectivity index (χ0v) is 20.6. The largest absolute Gasteiger partial charge is 0.453 e. The van der Waals surface area contributed by atoms with Crippen LogP contribution in [0.1, 0.15) is 20.8 Å². The maximum atomic E-state index is 13.0. The normalized spacial score (nSPS) is 13.3. The average Bonchev–Trinajstić information content (AvgIpc) is 3.45. The van der Waals surface area contributed by atoms with Gasteiger partial charge in [0, 0.05) is 17.0 Å². The minimum atomic E-state index is -0.365. The minimum absolute atomic E-state index is 0.330. The molecule has 0 saturated heterocycles. The number of fused-ring (bicyclic) bond motifs is 2. The Morgan fingerprint density at radius 2 is 2.00 bits per heavy atom. The van der Waals surface area contributed by atoms with Crippen LogP contribution in [0.5, 0.6) is 0 Å². The van der Waals surface area contributed by atoms with Crippen LogP contribution in [0.25, 0.3) is 20.8 Å². The highest BCUT2D eigenvalue weighted by Crippen LogP contribution is 2.46. The van der Waals surface area contributed by atoms with Crippen LogP contribution in [-0.2, 0) is 17.7 Å². The van der Waals surface area contributed by atoms with Crippen LogP contribution < -0.4 is 5.32 Å². The first-order valence-corrected chi connectivity index (χ1v) is 12.7. The highest BCUT2D eigenvalue weighted by Gasteiger charge is 2.30. The molecule has 11 heteroatoms. The quantitative estimate of drug-likeness (QED) is 0.321. The smallest absolute Gasteiger partial charge is 0.409 e. The van der Waals surface area contributed by atoms with Crippen molar-refractivity contribution in [1.29, 1.82) is 0 Å². The highest BCUT2D eigenvalue weighted by atomic mass is 35.5. The van der Waals surface area contributed by atoms with Gasteiger partial charge in [-0.2, -0.15) is 0 Å². The molecule has 0 atom stereocenters. The zero-order chi connectivity index (χ0) is 22.4. The number of carbonyl (C=O) groups excluding carboxylic acids is 2. The van der Waals surface area contributed by atoms with Crippen LogP contribution in [0.4, 0.5) is 9.80 Å². The van der Waals surface area contributed by atoms with E-state index in [1.807, 2.05) is 24.3 Å². The van der Waals surface area contributed by atoms with Crippen LogP contribution in [0.3, 0.4) is 0 Å². The maximum absolute atomic E-state index is 13.0. The number of aromatic nitrogens is 1. The number of hydrogen-bond donors (Lipinski definition) is 1. The van der Waals surface area contributed by atoms with Crippen molar-refractivity contribution in [2.45, 2.75) is 13.0 Å². The van der Waals surface area contributed by atoms with Gasteiger partial charge in [-0.1, -0.05) is 35.3 Å². The first kappa shape index (κ1) is 21.7. The van der Waals surface area contributed by atoms with Gasteiger partial charge in [-0.05, 0) is 30.2 Å². The number of hydrogen-bond acceptors (Lipinski definition) is 7. The SMILES string of the molecule is COC(=O)N1CCc2c(sc(NC(=O)c3cc(Cl)sc3Cl)c2-c2nc3ccccc3s2)C1. The van der Waals surface area contributed by atoms with E-state index in [2.05, 4.69) is 5.32 Å². The number of benzene rings is 1. The van der Waals surface area contributed by atoms with E-state index >= 15 is 0 Å². The second-order valence-electron chi connectivity index (χ2n) is 7.03. The number of ether oxygens (including phenoxy) is 1. The molecule has 5 rings (SSSR count). The summed E-state index contributed by atoms with van der Waals surface area (Å²) in [5.41, 5.74) is 3.24. The van der Waals surface area contributed by atoms with E-state index in [-0.39, 0.29) is 12.0 Å². The second-order valence-corrected chi connectivity index (χ2v) is 11.4. The van der Waals surface area contributed by atoms with Crippen molar-refractivity contribution in [2.24, 2.45) is 0 Å². The first-order valence-electron chi connectivity index (χ1n) is 9.54. The lowest BCUT2D eigenvalue weighted by Crippen LogP contribution is -2.35. The van der Waals surface area contributed by atoms with Crippen molar-refractivity contribution in [3.05, 3.63) is 55.0 Å². The van der Waals surface area contributed by atoms with Gasteiger partial charge >= 0.3 is 6.09 Å². The van der Waals surface area contributed by atoms with Gasteiger partial charge in [0.1, 0.15) is 14.3 Å². The van der Waals surface area contributed by atoms with Crippen molar-refractivity contribution in [1.82, 2.24) is 9.88 Å². The maximum Gasteiger partial charge on any atom is 0.409 e. The molecule has 0 spiro atoms. The third-order valence-electron chi connectivity index (χ3n) is 5.13. The van der Waals surface area contributed by atoms with Crippen LogP contribution in [0.15, 0.2) is 30.3 Å². The van der Waals surface area contributed by atoms with E-state index in [9.17, 15) is 9.59 Å². The Bertz CT molecular complexity index is 1330. The van der Waals surface area contributed by atoms with Crippen molar-refractivity contribution < 1.29 is 14.3 Å². The molecule has 0 radical (unpaired) electrons. The van der Waals surface area contributed by atoms with Gasteiger partial charge in [0.2, 0.25) is 0 Å². The molecule has 4 heterocycles. The summed E-state index contributed by atoms with van der Waals surface area (Å²) in [6.45, 7) is 0.957. The Hall–Kier alpha value is -2.17. The highest BCUT2D eigenvalue weighted by molar-refractivity contribution is 7.23. The lowest BCUT2D eigenvalue weighted by atomic mass is 10.0. The number of nitrogens with one attached hydrogen (secondary N) is 1. The molecule has 2 amide bonds. The number of para-hydroxylation sites is 1. The monoisotopic (exact) mass is 523 g/mol. The van der Waals surface area contributed by atoms with Gasteiger partial charge in [0.25, 0.3) is 5.91 Å². The van der Waals surface area contributed by atoms with Crippen LogP contribution in [0, 0.1) is 0 Å². The van der Waals surface area contributed by atoms with E-state index in [0.29, 0.717) is 38.7 Å². The zero-order valence-electron chi connectivity index (χ0n) is 16.6. The summed E-state index contributed by atoms with van der Waals surface area (Å²) < 4.78 is 6.75. The van der Waals surface area contributed by atoms with Crippen LogP contribution >= 0.6 is 57.2 Å². The van der Waals surface area contributed by atoms with Gasteiger partial charge in [-0.25, -0.2) is 9.78 Å². The Morgan fingerprint density at radius 3 is 2.72 bits per heavy atom. The molecule has 3 aromatic heterocycles. The van der Waals surface area contributed by atoms with Crippen LogP contribution in [0.2, 0.25) is 8.67 Å². The summed E-state index contributed by atoms with van der Waals surface area (Å²) >= 11 is 16.4. The number of nitrogens with zero attached hydrogens (tertiary/aromatic N) is 2. The van der Waals surface area contributed by atoms with Gasteiger partial charge < -0.3 is 15.0 Å². The predicted octanol–water partition coefficient (Wildman–Crippen LogP) is 6.77. The molecule has 164 valence electrons. The lowest BCUT2D eigenvalue weighted by molar-refractivity contribution is 0.102. The summed E-state index contributed by atoms with van der Waals surface area (Å²) in [5.74, 6) is -0.330. The standard InChI is InChI=1S/C21H15Cl2N3O3S3/c1-29-21(28)26-7-6-10-14(9-26)31-20(25-18(27)11-8-15(22)32-17(11)23)16(10)19-24-12-4-2-3-5-13(12)30-19/h2-5,8H,6-7,9H2,1H3,(H,25,27). The van der Waals surface area contributed by atoms with Gasteiger partial charge in [0.15, 0.2) is 0 Å². The Kier molecular flexibility index (Phi) is 5.85. The first-order chi connectivity index (χ1) is 15.4. The van der Waals surface area contributed by atoms with E-state index in [0.717, 1.165) is 42.6 Å². The number of amides is 2. The van der Waals surface area contributed by atoms with E-state index < -0.39 is 0 Å². The summed E-state index contributed by atoms with van der Waals surface area (Å²) in [6.07, 6.45) is 0.281. The minimum Gasteiger partial charge on any atom is -0.453 e. The molecule has 0 unspecified atom stereocenters. The van der Waals surface area contributed by atoms with Gasteiger partial charge in [-0.3, -0.25) is 4.79 Å². The molecular formula is C21H15Cl2N3O3S3. The van der Waals surface area contributed by atoms with Gasteiger partial charge in [0.05, 0.1) is 33.8 Å². The fourth-order valence-electron chi connectivity index (χ4n) is 3.65. The Labute approximate surface area is 205 Å². The molecule has 1 N–H and O–H groups in total. The molecular weight excluding hydrogens is 509 g/mol. The molecule has 0 aliphatic carbocycles. The molecule has 1 aromatic carbocycles. The fourth-order valence-corrected chi connectivity index (χ4v) is 7.47. The summed E-state index contributed by atoms with van der Waals surface area (Å²) in [7, 11) is 1.38. The number of halogens is 2. The van der Waals surface area contributed by atoms with Gasteiger partial charge in [-0.15, -0.1) is 34.0 Å². The third kappa shape index (κ3) is 3.88. The van der Waals surface area contributed by atoms with Crippen molar-refractivity contribution >= 4 is 84.4 Å².